The lowest BCUT2D eigenvalue weighted by Crippen LogP contribution is -2.33. The van der Waals surface area contributed by atoms with E-state index in [1.807, 2.05) is 32.0 Å². The number of aryl methyl sites for hydroxylation is 2. The maximum Gasteiger partial charge on any atom is 0.125 e. The second-order valence-electron chi connectivity index (χ2n) is 4.67. The van der Waals surface area contributed by atoms with Crippen molar-refractivity contribution >= 4 is 10.8 Å². The number of rotatable bonds is 8. The monoisotopic (exact) mass is 285 g/mol. The SMILES string of the molecule is Cc1cccc(C)c1OCC(O)CNCCS(C)=O. The third-order valence-corrected chi connectivity index (χ3v) is 3.55. The Hall–Kier alpha value is -0.910. The maximum atomic E-state index is 10.9. The molecular formula is C14H23NO3S. The van der Waals surface area contributed by atoms with Crippen molar-refractivity contribution in [1.82, 2.24) is 5.32 Å². The molecule has 0 aliphatic rings. The Kier molecular flexibility index (Phi) is 7.05. The summed E-state index contributed by atoms with van der Waals surface area (Å²) in [6.45, 7) is 5.33. The molecular weight excluding hydrogens is 262 g/mol. The Labute approximate surface area is 117 Å². The topological polar surface area (TPSA) is 58.6 Å². The van der Waals surface area contributed by atoms with Gasteiger partial charge in [0.05, 0.1) is 0 Å². The van der Waals surface area contributed by atoms with Gasteiger partial charge in [0.25, 0.3) is 0 Å². The molecule has 1 aromatic rings. The molecule has 1 rings (SSSR count). The number of hydrogen-bond donors (Lipinski definition) is 2. The van der Waals surface area contributed by atoms with Gasteiger partial charge in [-0.3, -0.25) is 4.21 Å². The maximum absolute atomic E-state index is 10.9. The molecule has 108 valence electrons. The highest BCUT2D eigenvalue weighted by molar-refractivity contribution is 7.84. The van der Waals surface area contributed by atoms with Crippen LogP contribution < -0.4 is 10.1 Å². The van der Waals surface area contributed by atoms with Gasteiger partial charge in [0, 0.05) is 35.9 Å². The van der Waals surface area contributed by atoms with E-state index in [-0.39, 0.29) is 6.61 Å². The van der Waals surface area contributed by atoms with E-state index in [1.165, 1.54) is 0 Å². The second-order valence-corrected chi connectivity index (χ2v) is 6.22. The van der Waals surface area contributed by atoms with Crippen LogP contribution in [0.25, 0.3) is 0 Å². The summed E-state index contributed by atoms with van der Waals surface area (Å²) in [7, 11) is -0.795. The molecule has 0 heterocycles. The van der Waals surface area contributed by atoms with Crippen LogP contribution in [0.1, 0.15) is 11.1 Å². The van der Waals surface area contributed by atoms with Crippen molar-refractivity contribution in [2.24, 2.45) is 0 Å². The van der Waals surface area contributed by atoms with E-state index in [0.717, 1.165) is 16.9 Å². The van der Waals surface area contributed by atoms with Gasteiger partial charge >= 0.3 is 0 Å². The van der Waals surface area contributed by atoms with Gasteiger partial charge in [-0.1, -0.05) is 18.2 Å². The van der Waals surface area contributed by atoms with Crippen LogP contribution in [0.5, 0.6) is 5.75 Å². The van der Waals surface area contributed by atoms with E-state index < -0.39 is 16.9 Å². The van der Waals surface area contributed by atoms with Crippen molar-refractivity contribution in [3.63, 3.8) is 0 Å². The Morgan fingerprint density at radius 1 is 1.37 bits per heavy atom. The summed E-state index contributed by atoms with van der Waals surface area (Å²) in [5.41, 5.74) is 2.14. The van der Waals surface area contributed by atoms with Gasteiger partial charge in [-0.05, 0) is 25.0 Å². The molecule has 0 aromatic heterocycles. The molecule has 0 fully saturated rings. The summed E-state index contributed by atoms with van der Waals surface area (Å²) >= 11 is 0. The smallest absolute Gasteiger partial charge is 0.125 e. The number of hydrogen-bond acceptors (Lipinski definition) is 4. The minimum Gasteiger partial charge on any atom is -0.490 e. The third-order valence-electron chi connectivity index (χ3n) is 2.78. The predicted octanol–water partition coefficient (Wildman–Crippen LogP) is 1.01. The highest BCUT2D eigenvalue weighted by atomic mass is 32.2. The zero-order valence-electron chi connectivity index (χ0n) is 11.8. The zero-order chi connectivity index (χ0) is 14.3. The van der Waals surface area contributed by atoms with Crippen molar-refractivity contribution in [2.75, 3.05) is 31.7 Å². The highest BCUT2D eigenvalue weighted by Gasteiger charge is 2.08. The van der Waals surface area contributed by atoms with E-state index in [0.29, 0.717) is 18.8 Å². The molecule has 2 N–H and O–H groups in total. The summed E-state index contributed by atoms with van der Waals surface area (Å²) < 4.78 is 16.5. The van der Waals surface area contributed by atoms with Gasteiger partial charge in [-0.25, -0.2) is 0 Å². The quantitative estimate of drug-likeness (QED) is 0.700. The van der Waals surface area contributed by atoms with Crippen molar-refractivity contribution in [3.8, 4) is 5.75 Å². The van der Waals surface area contributed by atoms with Crippen LogP contribution in [0.4, 0.5) is 0 Å². The molecule has 0 spiro atoms. The molecule has 2 unspecified atom stereocenters. The lowest BCUT2D eigenvalue weighted by atomic mass is 10.1. The fourth-order valence-electron chi connectivity index (χ4n) is 1.75. The molecule has 5 heteroatoms. The summed E-state index contributed by atoms with van der Waals surface area (Å²) in [6.07, 6.45) is 1.10. The molecule has 4 nitrogen and oxygen atoms in total. The molecule has 0 aliphatic carbocycles. The molecule has 0 aliphatic heterocycles. The first-order chi connectivity index (χ1) is 9.00. The fraction of sp³-hybridized carbons (Fsp3) is 0.571. The number of aliphatic hydroxyl groups excluding tert-OH is 1. The molecule has 0 amide bonds. The number of nitrogens with one attached hydrogen (secondary N) is 1. The first-order valence-electron chi connectivity index (χ1n) is 6.38. The van der Waals surface area contributed by atoms with E-state index >= 15 is 0 Å². The Bertz CT molecular complexity index is 403. The molecule has 0 bridgehead atoms. The number of para-hydroxylation sites is 1. The second kappa shape index (κ2) is 8.30. The van der Waals surface area contributed by atoms with Crippen molar-refractivity contribution in [2.45, 2.75) is 20.0 Å². The van der Waals surface area contributed by atoms with Gasteiger partial charge in [-0.15, -0.1) is 0 Å². The minimum atomic E-state index is -0.795. The first-order valence-corrected chi connectivity index (χ1v) is 8.11. The van der Waals surface area contributed by atoms with Gasteiger partial charge in [0.1, 0.15) is 18.5 Å². The molecule has 1 aromatic carbocycles. The van der Waals surface area contributed by atoms with Gasteiger partial charge in [-0.2, -0.15) is 0 Å². The van der Waals surface area contributed by atoms with E-state index in [4.69, 9.17) is 4.74 Å². The zero-order valence-corrected chi connectivity index (χ0v) is 12.6. The average molecular weight is 285 g/mol. The number of aliphatic hydroxyl groups is 1. The first kappa shape index (κ1) is 16.1. The van der Waals surface area contributed by atoms with Gasteiger partial charge < -0.3 is 15.2 Å². The molecule has 0 saturated heterocycles. The molecule has 19 heavy (non-hydrogen) atoms. The van der Waals surface area contributed by atoms with E-state index in [2.05, 4.69) is 5.32 Å². The standard InChI is InChI=1S/C14H23NO3S/c1-11-5-4-6-12(2)14(11)18-10-13(16)9-15-7-8-19(3)17/h4-6,13,15-16H,7-10H2,1-3H3. The van der Waals surface area contributed by atoms with Crippen LogP contribution in [0.15, 0.2) is 18.2 Å². The van der Waals surface area contributed by atoms with Crippen LogP contribution in [0.3, 0.4) is 0 Å². The molecule has 0 saturated carbocycles. The van der Waals surface area contributed by atoms with Crippen LogP contribution in [-0.2, 0) is 10.8 Å². The van der Waals surface area contributed by atoms with E-state index in [1.54, 1.807) is 6.26 Å². The van der Waals surface area contributed by atoms with Gasteiger partial charge in [0.15, 0.2) is 0 Å². The number of ether oxygens (including phenoxy) is 1. The Morgan fingerprint density at radius 3 is 2.58 bits per heavy atom. The summed E-state index contributed by atoms with van der Waals surface area (Å²) in [5, 5.41) is 12.9. The van der Waals surface area contributed by atoms with Crippen LogP contribution >= 0.6 is 0 Å². The predicted molar refractivity (Wildman–Crippen MR) is 79.2 cm³/mol. The Balaban J connectivity index is 2.30. The van der Waals surface area contributed by atoms with Crippen LogP contribution in [0, 0.1) is 13.8 Å². The van der Waals surface area contributed by atoms with Crippen molar-refractivity contribution in [1.29, 1.82) is 0 Å². The summed E-state index contributed by atoms with van der Waals surface area (Å²) in [5.74, 6) is 1.45. The lowest BCUT2D eigenvalue weighted by molar-refractivity contribution is 0.106. The normalized spacial score (nSPS) is 14.1. The van der Waals surface area contributed by atoms with Crippen molar-refractivity contribution in [3.05, 3.63) is 29.3 Å². The fourth-order valence-corrected chi connectivity index (χ4v) is 2.18. The molecule has 2 atom stereocenters. The van der Waals surface area contributed by atoms with Crippen LogP contribution in [0.2, 0.25) is 0 Å². The summed E-state index contributed by atoms with van der Waals surface area (Å²) in [4.78, 5) is 0. The lowest BCUT2D eigenvalue weighted by Gasteiger charge is -2.16. The largest absolute Gasteiger partial charge is 0.490 e. The van der Waals surface area contributed by atoms with Crippen LogP contribution in [-0.4, -0.2) is 47.1 Å². The van der Waals surface area contributed by atoms with E-state index in [9.17, 15) is 9.32 Å². The average Bonchev–Trinajstić information content (AvgIpc) is 2.34. The third kappa shape index (κ3) is 6.18. The molecule has 0 radical (unpaired) electrons. The summed E-state index contributed by atoms with van der Waals surface area (Å²) in [6, 6.07) is 5.97. The Morgan fingerprint density at radius 2 is 2.00 bits per heavy atom. The minimum absolute atomic E-state index is 0.258. The number of benzene rings is 1. The highest BCUT2D eigenvalue weighted by Crippen LogP contribution is 2.22. The van der Waals surface area contributed by atoms with Crippen molar-refractivity contribution < 1.29 is 14.1 Å². The van der Waals surface area contributed by atoms with Gasteiger partial charge in [0.2, 0.25) is 0 Å².